The number of aromatic nitrogens is 4. The molecule has 4 heterocycles. The highest BCUT2D eigenvalue weighted by Crippen LogP contribution is 2.28. The Hall–Kier alpha value is -2.60. The molecule has 1 atom stereocenters. The zero-order chi connectivity index (χ0) is 15.5. The number of nitrogens with zero attached hydrogens (tertiary/aromatic N) is 5. The molecule has 3 aromatic heterocycles. The van der Waals surface area contributed by atoms with Crippen molar-refractivity contribution in [2.75, 3.05) is 13.1 Å². The van der Waals surface area contributed by atoms with Gasteiger partial charge in [0.05, 0.1) is 5.92 Å². The van der Waals surface area contributed by atoms with E-state index in [-0.39, 0.29) is 0 Å². The molecule has 116 valence electrons. The minimum Gasteiger partial charge on any atom is -0.339 e. The van der Waals surface area contributed by atoms with Crippen LogP contribution in [0.1, 0.15) is 23.8 Å². The van der Waals surface area contributed by atoms with E-state index >= 15 is 0 Å². The van der Waals surface area contributed by atoms with Crippen molar-refractivity contribution < 1.29 is 4.52 Å². The standard InChI is InChI=1S/C17H17N5O/c1-6-18-7-2-13(1)11-22-10-5-15(12-22)17-20-16(21-23-17)14-3-8-19-9-4-14/h1-4,6-9,15H,5,10-12H2. The third kappa shape index (κ3) is 3.12. The SMILES string of the molecule is c1cc(CN2CCC(c3nc(-c4ccncc4)no3)C2)ccn1. The molecule has 1 unspecified atom stereocenters. The second-order valence-corrected chi connectivity index (χ2v) is 5.77. The fraction of sp³-hybridized carbons (Fsp3) is 0.294. The van der Waals surface area contributed by atoms with Gasteiger partial charge in [0.25, 0.3) is 0 Å². The summed E-state index contributed by atoms with van der Waals surface area (Å²) in [7, 11) is 0. The summed E-state index contributed by atoms with van der Waals surface area (Å²) in [5.41, 5.74) is 2.21. The fourth-order valence-corrected chi connectivity index (χ4v) is 2.94. The second-order valence-electron chi connectivity index (χ2n) is 5.77. The fourth-order valence-electron chi connectivity index (χ4n) is 2.94. The van der Waals surface area contributed by atoms with Gasteiger partial charge in [-0.25, -0.2) is 0 Å². The lowest BCUT2D eigenvalue weighted by Crippen LogP contribution is -2.19. The van der Waals surface area contributed by atoms with Crippen LogP contribution in [0, 0.1) is 0 Å². The largest absolute Gasteiger partial charge is 0.339 e. The minimum absolute atomic E-state index is 0.305. The molecule has 1 aliphatic heterocycles. The van der Waals surface area contributed by atoms with E-state index in [0.717, 1.165) is 37.5 Å². The van der Waals surface area contributed by atoms with Gasteiger partial charge < -0.3 is 4.52 Å². The maximum atomic E-state index is 5.48. The predicted octanol–water partition coefficient (Wildman–Crippen LogP) is 2.52. The number of likely N-dealkylation sites (tertiary alicyclic amines) is 1. The second kappa shape index (κ2) is 6.26. The average Bonchev–Trinajstić information content (AvgIpc) is 3.26. The van der Waals surface area contributed by atoms with E-state index in [0.29, 0.717) is 11.7 Å². The summed E-state index contributed by atoms with van der Waals surface area (Å²) >= 11 is 0. The van der Waals surface area contributed by atoms with Crippen LogP contribution in [0.4, 0.5) is 0 Å². The summed E-state index contributed by atoms with van der Waals surface area (Å²) in [4.78, 5) is 15.0. The molecule has 1 saturated heterocycles. The number of hydrogen-bond donors (Lipinski definition) is 0. The highest BCUT2D eigenvalue weighted by atomic mass is 16.5. The van der Waals surface area contributed by atoms with Crippen molar-refractivity contribution in [2.24, 2.45) is 0 Å². The lowest BCUT2D eigenvalue weighted by atomic mass is 10.1. The number of pyridine rings is 2. The highest BCUT2D eigenvalue weighted by Gasteiger charge is 2.28. The first-order chi connectivity index (χ1) is 11.4. The Morgan fingerprint density at radius 3 is 2.57 bits per heavy atom. The van der Waals surface area contributed by atoms with E-state index in [4.69, 9.17) is 4.52 Å². The van der Waals surface area contributed by atoms with Crippen LogP contribution in [-0.2, 0) is 6.54 Å². The molecular weight excluding hydrogens is 290 g/mol. The average molecular weight is 307 g/mol. The molecule has 1 fully saturated rings. The molecule has 4 rings (SSSR count). The van der Waals surface area contributed by atoms with Crippen LogP contribution in [0.25, 0.3) is 11.4 Å². The molecule has 3 aromatic rings. The number of rotatable bonds is 4. The van der Waals surface area contributed by atoms with Gasteiger partial charge in [0.15, 0.2) is 0 Å². The third-order valence-corrected chi connectivity index (χ3v) is 4.16. The normalized spacial score (nSPS) is 18.3. The first-order valence-electron chi connectivity index (χ1n) is 7.74. The summed E-state index contributed by atoms with van der Waals surface area (Å²) in [6, 6.07) is 7.89. The van der Waals surface area contributed by atoms with Gasteiger partial charge in [-0.05, 0) is 42.8 Å². The van der Waals surface area contributed by atoms with Gasteiger partial charge in [0.1, 0.15) is 0 Å². The third-order valence-electron chi connectivity index (χ3n) is 4.16. The zero-order valence-corrected chi connectivity index (χ0v) is 12.7. The van der Waals surface area contributed by atoms with Gasteiger partial charge >= 0.3 is 0 Å². The molecule has 1 aliphatic rings. The van der Waals surface area contributed by atoms with Crippen molar-refractivity contribution in [2.45, 2.75) is 18.9 Å². The van der Waals surface area contributed by atoms with E-state index in [1.165, 1.54) is 5.56 Å². The van der Waals surface area contributed by atoms with Crippen LogP contribution >= 0.6 is 0 Å². The van der Waals surface area contributed by atoms with Gasteiger partial charge in [-0.15, -0.1) is 0 Å². The maximum Gasteiger partial charge on any atom is 0.231 e. The molecule has 6 heteroatoms. The Bertz CT molecular complexity index is 759. The van der Waals surface area contributed by atoms with E-state index in [2.05, 4.69) is 37.1 Å². The van der Waals surface area contributed by atoms with Crippen LogP contribution in [0.3, 0.4) is 0 Å². The summed E-state index contributed by atoms with van der Waals surface area (Å²) in [6.07, 6.45) is 8.18. The Kier molecular flexibility index (Phi) is 3.81. The van der Waals surface area contributed by atoms with Gasteiger partial charge in [0.2, 0.25) is 11.7 Å². The molecule has 0 spiro atoms. The van der Waals surface area contributed by atoms with Crippen molar-refractivity contribution in [1.29, 1.82) is 0 Å². The Balaban J connectivity index is 1.43. The van der Waals surface area contributed by atoms with Crippen LogP contribution in [0.15, 0.2) is 53.6 Å². The summed E-state index contributed by atoms with van der Waals surface area (Å²) in [6.45, 7) is 2.92. The van der Waals surface area contributed by atoms with Crippen molar-refractivity contribution in [3.63, 3.8) is 0 Å². The van der Waals surface area contributed by atoms with Crippen molar-refractivity contribution >= 4 is 0 Å². The van der Waals surface area contributed by atoms with Crippen molar-refractivity contribution in [1.82, 2.24) is 25.0 Å². The highest BCUT2D eigenvalue weighted by molar-refractivity contribution is 5.52. The minimum atomic E-state index is 0.305. The lowest BCUT2D eigenvalue weighted by Gasteiger charge is -2.14. The molecule has 0 bridgehead atoms. The molecule has 23 heavy (non-hydrogen) atoms. The van der Waals surface area contributed by atoms with Gasteiger partial charge in [-0.3, -0.25) is 14.9 Å². The van der Waals surface area contributed by atoms with E-state index in [1.54, 1.807) is 12.4 Å². The molecule has 0 N–H and O–H groups in total. The Morgan fingerprint density at radius 1 is 1.04 bits per heavy atom. The summed E-state index contributed by atoms with van der Waals surface area (Å²) in [5, 5.41) is 4.10. The first kappa shape index (κ1) is 14.0. The first-order valence-corrected chi connectivity index (χ1v) is 7.74. The molecular formula is C17H17N5O. The zero-order valence-electron chi connectivity index (χ0n) is 12.7. The van der Waals surface area contributed by atoms with Crippen LogP contribution < -0.4 is 0 Å². The maximum absolute atomic E-state index is 5.48. The lowest BCUT2D eigenvalue weighted by molar-refractivity contribution is 0.309. The van der Waals surface area contributed by atoms with Gasteiger partial charge in [0, 0.05) is 43.4 Å². The van der Waals surface area contributed by atoms with Crippen molar-refractivity contribution in [3.05, 3.63) is 60.5 Å². The van der Waals surface area contributed by atoms with Crippen molar-refractivity contribution in [3.8, 4) is 11.4 Å². The summed E-state index contributed by atoms with van der Waals surface area (Å²) < 4.78 is 5.48. The van der Waals surface area contributed by atoms with Crippen LogP contribution in [0.2, 0.25) is 0 Å². The number of hydrogen-bond acceptors (Lipinski definition) is 6. The van der Waals surface area contributed by atoms with Crippen LogP contribution in [0.5, 0.6) is 0 Å². The topological polar surface area (TPSA) is 67.9 Å². The van der Waals surface area contributed by atoms with E-state index in [1.807, 2.05) is 24.5 Å². The Labute approximate surface area is 134 Å². The van der Waals surface area contributed by atoms with E-state index < -0.39 is 0 Å². The molecule has 0 saturated carbocycles. The quantitative estimate of drug-likeness (QED) is 0.738. The Morgan fingerprint density at radius 2 is 1.78 bits per heavy atom. The van der Waals surface area contributed by atoms with Crippen LogP contribution in [-0.4, -0.2) is 38.1 Å². The molecule has 0 radical (unpaired) electrons. The van der Waals surface area contributed by atoms with Gasteiger partial charge in [-0.1, -0.05) is 5.16 Å². The van der Waals surface area contributed by atoms with E-state index in [9.17, 15) is 0 Å². The predicted molar refractivity (Wildman–Crippen MR) is 84.4 cm³/mol. The molecule has 6 nitrogen and oxygen atoms in total. The monoisotopic (exact) mass is 307 g/mol. The smallest absolute Gasteiger partial charge is 0.231 e. The molecule has 0 aliphatic carbocycles. The molecule has 0 aromatic carbocycles. The summed E-state index contributed by atoms with van der Waals surface area (Å²) in [5.74, 6) is 1.67. The van der Waals surface area contributed by atoms with Gasteiger partial charge in [-0.2, -0.15) is 4.98 Å². The molecule has 0 amide bonds.